The van der Waals surface area contributed by atoms with Gasteiger partial charge in [0.15, 0.2) is 0 Å². The fraction of sp³-hybridized carbons (Fsp3) is 0.727. The maximum Gasteiger partial charge on any atom is 0.326 e. The molecule has 0 aromatic heterocycles. The summed E-state index contributed by atoms with van der Waals surface area (Å²) >= 11 is 0. The number of amides is 3. The fourth-order valence-corrected chi connectivity index (χ4v) is 1.20. The maximum absolute atomic E-state index is 11.3. The summed E-state index contributed by atoms with van der Waals surface area (Å²) < 4.78 is 5.21. The molecule has 0 radical (unpaired) electrons. The molecule has 0 bridgehead atoms. The Labute approximate surface area is 111 Å². The highest BCUT2D eigenvalue weighted by molar-refractivity contribution is 5.87. The molecule has 8 nitrogen and oxygen atoms in total. The van der Waals surface area contributed by atoms with Crippen LogP contribution in [-0.4, -0.2) is 48.8 Å². The van der Waals surface area contributed by atoms with Crippen molar-refractivity contribution in [3.8, 4) is 0 Å². The van der Waals surface area contributed by atoms with Gasteiger partial charge in [0.25, 0.3) is 0 Å². The van der Waals surface area contributed by atoms with E-state index in [4.69, 9.17) is 15.6 Å². The van der Waals surface area contributed by atoms with E-state index in [1.807, 2.05) is 6.92 Å². The lowest BCUT2D eigenvalue weighted by molar-refractivity contribution is -0.140. The topological polar surface area (TPSA) is 131 Å². The predicted molar refractivity (Wildman–Crippen MR) is 67.5 cm³/mol. The normalized spacial score (nSPS) is 11.6. The SMILES string of the molecule is CCCCOCCNC(=O)NC(CC(N)=O)C(=O)O. The van der Waals surface area contributed by atoms with Crippen LogP contribution in [-0.2, 0) is 14.3 Å². The summed E-state index contributed by atoms with van der Waals surface area (Å²) in [6.07, 6.45) is 1.53. The van der Waals surface area contributed by atoms with Crippen LogP contribution in [0.4, 0.5) is 4.79 Å². The van der Waals surface area contributed by atoms with Gasteiger partial charge in [-0.25, -0.2) is 9.59 Å². The molecule has 0 saturated heterocycles. The number of urea groups is 1. The van der Waals surface area contributed by atoms with E-state index in [1.54, 1.807) is 0 Å². The Balaban J connectivity index is 3.81. The molecule has 0 aromatic rings. The van der Waals surface area contributed by atoms with Gasteiger partial charge in [0.1, 0.15) is 6.04 Å². The first-order chi connectivity index (χ1) is 8.97. The minimum absolute atomic E-state index is 0.262. The first-order valence-corrected chi connectivity index (χ1v) is 6.10. The van der Waals surface area contributed by atoms with Crippen molar-refractivity contribution < 1.29 is 24.2 Å². The Bertz CT molecular complexity index is 309. The molecule has 5 N–H and O–H groups in total. The molecule has 0 aliphatic rings. The van der Waals surface area contributed by atoms with Gasteiger partial charge >= 0.3 is 12.0 Å². The highest BCUT2D eigenvalue weighted by atomic mass is 16.5. The second-order valence-corrected chi connectivity index (χ2v) is 3.93. The van der Waals surface area contributed by atoms with Gasteiger partial charge in [-0.1, -0.05) is 13.3 Å². The second kappa shape index (κ2) is 10.1. The molecule has 0 fully saturated rings. The van der Waals surface area contributed by atoms with Crippen molar-refractivity contribution in [1.82, 2.24) is 10.6 Å². The number of carboxylic acids is 1. The van der Waals surface area contributed by atoms with Gasteiger partial charge in [0, 0.05) is 13.2 Å². The van der Waals surface area contributed by atoms with E-state index in [0.717, 1.165) is 12.8 Å². The number of carbonyl (C=O) groups excluding carboxylic acids is 2. The molecule has 0 saturated carbocycles. The summed E-state index contributed by atoms with van der Waals surface area (Å²) in [6, 6.07) is -1.99. The second-order valence-electron chi connectivity index (χ2n) is 3.93. The van der Waals surface area contributed by atoms with Crippen molar-refractivity contribution in [1.29, 1.82) is 0 Å². The molecule has 0 heterocycles. The third kappa shape index (κ3) is 9.83. The number of ether oxygens (including phenoxy) is 1. The van der Waals surface area contributed by atoms with Crippen LogP contribution in [0, 0.1) is 0 Å². The number of carbonyl (C=O) groups is 3. The summed E-state index contributed by atoms with van der Waals surface area (Å²) in [4.78, 5) is 32.7. The third-order valence-electron chi connectivity index (χ3n) is 2.18. The van der Waals surface area contributed by atoms with E-state index in [-0.39, 0.29) is 6.54 Å². The summed E-state index contributed by atoms with van der Waals surface area (Å²) in [6.45, 7) is 3.28. The molecular formula is C11H21N3O5. The number of rotatable bonds is 10. The van der Waals surface area contributed by atoms with Gasteiger partial charge in [-0.2, -0.15) is 0 Å². The van der Waals surface area contributed by atoms with Gasteiger partial charge < -0.3 is 26.2 Å². The lowest BCUT2D eigenvalue weighted by Gasteiger charge is -2.13. The first-order valence-electron chi connectivity index (χ1n) is 6.10. The molecular weight excluding hydrogens is 254 g/mol. The number of carboxylic acid groups (broad SMARTS) is 1. The van der Waals surface area contributed by atoms with Gasteiger partial charge in [0.2, 0.25) is 5.91 Å². The average molecular weight is 275 g/mol. The average Bonchev–Trinajstić information content (AvgIpc) is 2.32. The number of hydrogen-bond acceptors (Lipinski definition) is 4. The number of hydrogen-bond donors (Lipinski definition) is 4. The molecule has 8 heteroatoms. The summed E-state index contributed by atoms with van der Waals surface area (Å²) in [5.74, 6) is -2.11. The van der Waals surface area contributed by atoms with Crippen LogP contribution >= 0.6 is 0 Å². The Hall–Kier alpha value is -1.83. The summed E-state index contributed by atoms with van der Waals surface area (Å²) in [5, 5.41) is 13.3. The molecule has 0 aromatic carbocycles. The quantitative estimate of drug-likeness (QED) is 0.397. The molecule has 110 valence electrons. The van der Waals surface area contributed by atoms with Crippen molar-refractivity contribution >= 4 is 17.9 Å². The number of nitrogens with two attached hydrogens (primary N) is 1. The number of aliphatic carboxylic acids is 1. The van der Waals surface area contributed by atoms with Crippen LogP contribution in [0.25, 0.3) is 0 Å². The lowest BCUT2D eigenvalue weighted by atomic mass is 10.2. The minimum atomic E-state index is -1.32. The van der Waals surface area contributed by atoms with Crippen molar-refractivity contribution in [2.45, 2.75) is 32.2 Å². The minimum Gasteiger partial charge on any atom is -0.480 e. The Morgan fingerprint density at radius 2 is 2.00 bits per heavy atom. The third-order valence-corrected chi connectivity index (χ3v) is 2.18. The largest absolute Gasteiger partial charge is 0.480 e. The zero-order chi connectivity index (χ0) is 14.7. The molecule has 0 aliphatic heterocycles. The fourth-order valence-electron chi connectivity index (χ4n) is 1.20. The standard InChI is InChI=1S/C11H21N3O5/c1-2-3-5-19-6-4-13-11(18)14-8(10(16)17)7-9(12)15/h8H,2-7H2,1H3,(H2,12,15)(H,16,17)(H2,13,14,18). The molecule has 0 aliphatic carbocycles. The molecule has 0 rings (SSSR count). The molecule has 1 atom stereocenters. The van der Waals surface area contributed by atoms with E-state index < -0.39 is 30.4 Å². The monoisotopic (exact) mass is 275 g/mol. The smallest absolute Gasteiger partial charge is 0.326 e. The van der Waals surface area contributed by atoms with E-state index in [2.05, 4.69) is 10.6 Å². The van der Waals surface area contributed by atoms with Crippen molar-refractivity contribution in [2.75, 3.05) is 19.8 Å². The Kier molecular flexibility index (Phi) is 9.15. The van der Waals surface area contributed by atoms with Crippen molar-refractivity contribution in [3.63, 3.8) is 0 Å². The van der Waals surface area contributed by atoms with Crippen molar-refractivity contribution in [2.24, 2.45) is 5.73 Å². The van der Waals surface area contributed by atoms with Gasteiger partial charge in [-0.3, -0.25) is 4.79 Å². The van der Waals surface area contributed by atoms with Crippen LogP contribution in [0.15, 0.2) is 0 Å². The van der Waals surface area contributed by atoms with Crippen LogP contribution < -0.4 is 16.4 Å². The van der Waals surface area contributed by atoms with Crippen LogP contribution in [0.2, 0.25) is 0 Å². The van der Waals surface area contributed by atoms with Crippen LogP contribution in [0.3, 0.4) is 0 Å². The zero-order valence-electron chi connectivity index (χ0n) is 11.0. The molecule has 1 unspecified atom stereocenters. The van der Waals surface area contributed by atoms with E-state index >= 15 is 0 Å². The van der Waals surface area contributed by atoms with E-state index in [0.29, 0.717) is 13.2 Å². The Morgan fingerprint density at radius 3 is 2.53 bits per heavy atom. The summed E-state index contributed by atoms with van der Waals surface area (Å²) in [5.41, 5.74) is 4.88. The number of nitrogens with one attached hydrogen (secondary N) is 2. The van der Waals surface area contributed by atoms with Crippen LogP contribution in [0.1, 0.15) is 26.2 Å². The van der Waals surface area contributed by atoms with E-state index in [9.17, 15) is 14.4 Å². The lowest BCUT2D eigenvalue weighted by Crippen LogP contribution is -2.48. The predicted octanol–water partition coefficient (Wildman–Crippen LogP) is -0.569. The zero-order valence-corrected chi connectivity index (χ0v) is 11.0. The molecule has 19 heavy (non-hydrogen) atoms. The highest BCUT2D eigenvalue weighted by Crippen LogP contribution is 1.91. The van der Waals surface area contributed by atoms with E-state index in [1.165, 1.54) is 0 Å². The maximum atomic E-state index is 11.3. The summed E-state index contributed by atoms with van der Waals surface area (Å²) in [7, 11) is 0. The first kappa shape index (κ1) is 17.2. The molecule has 0 spiro atoms. The van der Waals surface area contributed by atoms with Crippen LogP contribution in [0.5, 0.6) is 0 Å². The number of primary amides is 1. The molecule has 3 amide bonds. The Morgan fingerprint density at radius 1 is 1.32 bits per heavy atom. The van der Waals surface area contributed by atoms with Crippen molar-refractivity contribution in [3.05, 3.63) is 0 Å². The highest BCUT2D eigenvalue weighted by Gasteiger charge is 2.21. The number of unbranched alkanes of at least 4 members (excludes halogenated alkanes) is 1. The van der Waals surface area contributed by atoms with Gasteiger partial charge in [0.05, 0.1) is 13.0 Å². The van der Waals surface area contributed by atoms with Gasteiger partial charge in [-0.15, -0.1) is 0 Å². The van der Waals surface area contributed by atoms with Gasteiger partial charge in [-0.05, 0) is 6.42 Å².